The maximum Gasteiger partial charge on any atom is 0.166 e. The third-order valence-electron chi connectivity index (χ3n) is 6.09. The number of nitrogens with one attached hydrogen (secondary N) is 1. The van der Waals surface area contributed by atoms with E-state index < -0.39 is 5.82 Å². The number of hydrogen-bond donors (Lipinski definition) is 2. The molecule has 120 valence electrons. The van der Waals surface area contributed by atoms with E-state index in [4.69, 9.17) is 0 Å². The van der Waals surface area contributed by atoms with Crippen LogP contribution in [0.15, 0.2) is 16.6 Å². The van der Waals surface area contributed by atoms with Crippen molar-refractivity contribution in [1.82, 2.24) is 5.32 Å². The number of rotatable bonds is 4. The molecule has 0 saturated heterocycles. The highest BCUT2D eigenvalue weighted by Gasteiger charge is 2.50. The molecule has 1 aromatic rings. The van der Waals surface area contributed by atoms with Gasteiger partial charge in [-0.25, -0.2) is 4.39 Å². The largest absolute Gasteiger partial charge is 0.505 e. The molecule has 2 N–H and O–H groups in total. The molecule has 0 atom stereocenters. The van der Waals surface area contributed by atoms with Crippen molar-refractivity contribution in [3.63, 3.8) is 0 Å². The molecule has 22 heavy (non-hydrogen) atoms. The zero-order valence-electron chi connectivity index (χ0n) is 12.7. The van der Waals surface area contributed by atoms with Crippen molar-refractivity contribution in [2.45, 2.75) is 45.1 Å². The molecular weight excluding hydrogens is 345 g/mol. The Kier molecular flexibility index (Phi) is 3.73. The van der Waals surface area contributed by atoms with Crippen molar-refractivity contribution in [1.29, 1.82) is 0 Å². The minimum absolute atomic E-state index is 0.221. The zero-order valence-corrected chi connectivity index (χ0v) is 14.3. The van der Waals surface area contributed by atoms with E-state index in [0.717, 1.165) is 24.3 Å². The van der Waals surface area contributed by atoms with Gasteiger partial charge < -0.3 is 10.4 Å². The van der Waals surface area contributed by atoms with E-state index in [1.165, 1.54) is 44.6 Å². The average Bonchev–Trinajstić information content (AvgIpc) is 2.42. The van der Waals surface area contributed by atoms with E-state index in [1.54, 1.807) is 6.07 Å². The van der Waals surface area contributed by atoms with Crippen LogP contribution in [0.4, 0.5) is 4.39 Å². The van der Waals surface area contributed by atoms with Gasteiger partial charge in [-0.3, -0.25) is 0 Å². The van der Waals surface area contributed by atoms with Crippen LogP contribution in [0.5, 0.6) is 5.75 Å². The van der Waals surface area contributed by atoms with Crippen molar-refractivity contribution < 1.29 is 9.50 Å². The Bertz CT molecular complexity index is 553. The summed E-state index contributed by atoms with van der Waals surface area (Å²) in [6, 6.07) is 3.10. The Balaban J connectivity index is 1.41. The molecule has 0 aliphatic heterocycles. The Morgan fingerprint density at radius 3 is 2.32 bits per heavy atom. The smallest absolute Gasteiger partial charge is 0.166 e. The molecule has 0 unspecified atom stereocenters. The van der Waals surface area contributed by atoms with Crippen LogP contribution < -0.4 is 5.32 Å². The van der Waals surface area contributed by atoms with Gasteiger partial charge in [0, 0.05) is 23.1 Å². The topological polar surface area (TPSA) is 32.3 Å². The SMILES string of the molecule is Oc1c(F)cc(Br)cc1CNCC12CC3CC(CC(C3)C1)C2. The van der Waals surface area contributed by atoms with Crippen LogP contribution in [-0.2, 0) is 6.54 Å². The molecule has 0 radical (unpaired) electrons. The lowest BCUT2D eigenvalue weighted by atomic mass is 9.49. The molecule has 4 fully saturated rings. The fourth-order valence-corrected chi connectivity index (χ4v) is 6.20. The molecule has 4 bridgehead atoms. The highest BCUT2D eigenvalue weighted by atomic mass is 79.9. The van der Waals surface area contributed by atoms with Gasteiger partial charge >= 0.3 is 0 Å². The van der Waals surface area contributed by atoms with Crippen molar-refractivity contribution in [3.05, 3.63) is 28.0 Å². The summed E-state index contributed by atoms with van der Waals surface area (Å²) in [5.41, 5.74) is 1.10. The average molecular weight is 368 g/mol. The Hall–Kier alpha value is -0.610. The Labute approximate surface area is 139 Å². The number of benzene rings is 1. The van der Waals surface area contributed by atoms with Crippen LogP contribution in [0.25, 0.3) is 0 Å². The van der Waals surface area contributed by atoms with Gasteiger partial charge in [0.25, 0.3) is 0 Å². The molecule has 0 heterocycles. The maximum absolute atomic E-state index is 13.6. The lowest BCUT2D eigenvalue weighted by molar-refractivity contribution is -0.0514. The lowest BCUT2D eigenvalue weighted by Gasteiger charge is -2.57. The van der Waals surface area contributed by atoms with E-state index in [-0.39, 0.29) is 5.75 Å². The van der Waals surface area contributed by atoms with E-state index in [1.807, 2.05) is 0 Å². The monoisotopic (exact) mass is 367 g/mol. The summed E-state index contributed by atoms with van der Waals surface area (Å²) in [6.07, 6.45) is 8.46. The predicted molar refractivity (Wildman–Crippen MR) is 88.1 cm³/mol. The maximum atomic E-state index is 13.6. The molecule has 0 amide bonds. The zero-order chi connectivity index (χ0) is 15.3. The number of phenolic OH excluding ortho intramolecular Hbond substituents is 1. The third-order valence-corrected chi connectivity index (χ3v) is 6.55. The van der Waals surface area contributed by atoms with Gasteiger partial charge in [-0.1, -0.05) is 15.9 Å². The van der Waals surface area contributed by atoms with E-state index >= 15 is 0 Å². The number of hydrogen-bond acceptors (Lipinski definition) is 2. The highest BCUT2D eigenvalue weighted by molar-refractivity contribution is 9.10. The van der Waals surface area contributed by atoms with Crippen LogP contribution in [0.3, 0.4) is 0 Å². The summed E-state index contributed by atoms with van der Waals surface area (Å²) in [6.45, 7) is 1.54. The summed E-state index contributed by atoms with van der Waals surface area (Å²) < 4.78 is 14.2. The second-order valence-electron chi connectivity index (χ2n) is 7.92. The molecular formula is C18H23BrFNO. The first kappa shape index (κ1) is 14.9. The first-order chi connectivity index (χ1) is 10.5. The molecule has 1 aromatic carbocycles. The van der Waals surface area contributed by atoms with Gasteiger partial charge in [0.1, 0.15) is 0 Å². The highest BCUT2D eigenvalue weighted by Crippen LogP contribution is 2.59. The molecule has 4 aliphatic carbocycles. The number of aromatic hydroxyl groups is 1. The van der Waals surface area contributed by atoms with Crippen molar-refractivity contribution in [2.24, 2.45) is 23.2 Å². The fourth-order valence-electron chi connectivity index (χ4n) is 5.72. The van der Waals surface area contributed by atoms with Crippen LogP contribution in [0, 0.1) is 29.0 Å². The second kappa shape index (κ2) is 5.48. The predicted octanol–water partition coefficient (Wildman–Crippen LogP) is 4.60. The van der Waals surface area contributed by atoms with Gasteiger partial charge in [0.2, 0.25) is 0 Å². The number of phenols is 1. The van der Waals surface area contributed by atoms with Gasteiger partial charge in [-0.2, -0.15) is 0 Å². The van der Waals surface area contributed by atoms with Crippen LogP contribution in [-0.4, -0.2) is 11.7 Å². The molecule has 5 rings (SSSR count). The molecule has 2 nitrogen and oxygen atoms in total. The van der Waals surface area contributed by atoms with E-state index in [2.05, 4.69) is 21.2 Å². The molecule has 4 heteroatoms. The van der Waals surface area contributed by atoms with Crippen LogP contribution in [0.1, 0.15) is 44.1 Å². The Morgan fingerprint density at radius 2 is 1.73 bits per heavy atom. The van der Waals surface area contributed by atoms with Gasteiger partial charge in [0.15, 0.2) is 11.6 Å². The minimum Gasteiger partial charge on any atom is -0.505 e. The summed E-state index contributed by atoms with van der Waals surface area (Å²) in [5.74, 6) is 2.07. The summed E-state index contributed by atoms with van der Waals surface area (Å²) in [5, 5.41) is 13.4. The first-order valence-electron chi connectivity index (χ1n) is 8.41. The number of halogens is 2. The normalized spacial score (nSPS) is 36.0. The second-order valence-corrected chi connectivity index (χ2v) is 8.83. The van der Waals surface area contributed by atoms with Crippen LogP contribution in [0.2, 0.25) is 0 Å². The third kappa shape index (κ3) is 2.69. The van der Waals surface area contributed by atoms with Crippen molar-refractivity contribution >= 4 is 15.9 Å². The minimum atomic E-state index is -0.555. The van der Waals surface area contributed by atoms with Gasteiger partial charge in [-0.05, 0) is 73.8 Å². The van der Waals surface area contributed by atoms with Gasteiger partial charge in [-0.15, -0.1) is 0 Å². The van der Waals surface area contributed by atoms with E-state index in [0.29, 0.717) is 22.0 Å². The standard InChI is InChI=1S/C18H23BrFNO/c19-15-4-14(17(22)16(20)5-15)9-21-10-18-6-11-1-12(7-18)3-13(2-11)8-18/h4-5,11-13,21-22H,1-3,6-10H2. The molecule has 0 aromatic heterocycles. The van der Waals surface area contributed by atoms with E-state index in [9.17, 15) is 9.50 Å². The summed E-state index contributed by atoms with van der Waals surface area (Å²) >= 11 is 3.29. The van der Waals surface area contributed by atoms with Crippen LogP contribution >= 0.6 is 15.9 Å². The van der Waals surface area contributed by atoms with Crippen molar-refractivity contribution in [3.8, 4) is 5.75 Å². The molecule has 4 aliphatic rings. The molecule has 4 saturated carbocycles. The molecule has 0 spiro atoms. The van der Waals surface area contributed by atoms with Crippen molar-refractivity contribution in [2.75, 3.05) is 6.54 Å². The quantitative estimate of drug-likeness (QED) is 0.814. The Morgan fingerprint density at radius 1 is 1.14 bits per heavy atom. The first-order valence-corrected chi connectivity index (χ1v) is 9.20. The van der Waals surface area contributed by atoms with Gasteiger partial charge in [0.05, 0.1) is 0 Å². The summed E-state index contributed by atoms with van der Waals surface area (Å²) in [4.78, 5) is 0. The lowest BCUT2D eigenvalue weighted by Crippen LogP contribution is -2.50. The fraction of sp³-hybridized carbons (Fsp3) is 0.667. The summed E-state index contributed by atoms with van der Waals surface area (Å²) in [7, 11) is 0.